The second kappa shape index (κ2) is 9.00. The number of nitrogens with zero attached hydrogens (tertiary/aromatic N) is 2. The highest BCUT2D eigenvalue weighted by atomic mass is 16.6. The quantitative estimate of drug-likeness (QED) is 0.493. The fraction of sp³-hybridized carbons (Fsp3) is 0.423. The molecule has 0 N–H and O–H groups in total. The lowest BCUT2D eigenvalue weighted by Crippen LogP contribution is -2.46. The molecule has 0 saturated carbocycles. The number of likely N-dealkylation sites (tertiary alicyclic amines) is 1. The van der Waals surface area contributed by atoms with Crippen molar-refractivity contribution in [1.29, 1.82) is 0 Å². The first-order chi connectivity index (χ1) is 16.2. The third kappa shape index (κ3) is 4.20. The summed E-state index contributed by atoms with van der Waals surface area (Å²) in [5.74, 6) is -0.551. The highest BCUT2D eigenvalue weighted by Crippen LogP contribution is 2.48. The van der Waals surface area contributed by atoms with Gasteiger partial charge in [-0.15, -0.1) is 0 Å². The molecule has 1 heterocycles. The summed E-state index contributed by atoms with van der Waals surface area (Å²) in [6.07, 6.45) is -0.944. The van der Waals surface area contributed by atoms with Gasteiger partial charge in [0, 0.05) is 13.0 Å². The van der Waals surface area contributed by atoms with Crippen molar-refractivity contribution in [2.24, 2.45) is 0 Å². The van der Waals surface area contributed by atoms with Gasteiger partial charge >= 0.3 is 18.2 Å². The van der Waals surface area contributed by atoms with E-state index in [2.05, 4.69) is 0 Å². The van der Waals surface area contributed by atoms with Crippen LogP contribution in [0.4, 0.5) is 9.59 Å². The third-order valence-corrected chi connectivity index (χ3v) is 6.24. The Kier molecular flexibility index (Phi) is 6.25. The predicted molar refractivity (Wildman–Crippen MR) is 125 cm³/mol. The lowest BCUT2D eigenvalue weighted by atomic mass is 10.0. The summed E-state index contributed by atoms with van der Waals surface area (Å²) in [5.41, 5.74) is 3.30. The zero-order chi connectivity index (χ0) is 24.6. The van der Waals surface area contributed by atoms with Gasteiger partial charge in [0.2, 0.25) is 0 Å². The molecule has 180 valence electrons. The summed E-state index contributed by atoms with van der Waals surface area (Å²) >= 11 is 0. The largest absolute Gasteiger partial charge is 0.467 e. The molecule has 0 spiro atoms. The zero-order valence-electron chi connectivity index (χ0n) is 20.1. The minimum atomic E-state index is -0.871. The summed E-state index contributed by atoms with van der Waals surface area (Å²) in [6.45, 7) is 5.40. The molecule has 0 aromatic heterocycles. The van der Waals surface area contributed by atoms with Crippen molar-refractivity contribution in [3.8, 4) is 11.1 Å². The Morgan fingerprint density at radius 2 is 1.47 bits per heavy atom. The smallest absolute Gasteiger partial charge is 0.411 e. The molecule has 2 aromatic rings. The van der Waals surface area contributed by atoms with Crippen molar-refractivity contribution >= 4 is 18.2 Å². The van der Waals surface area contributed by atoms with Crippen LogP contribution < -0.4 is 0 Å². The van der Waals surface area contributed by atoms with Crippen molar-refractivity contribution in [1.82, 2.24) is 9.80 Å². The number of carbonyl (C=O) groups excluding carboxylic acids is 3. The molecule has 1 aliphatic carbocycles. The molecule has 4 rings (SSSR count). The fourth-order valence-electron chi connectivity index (χ4n) is 4.90. The maximum Gasteiger partial charge on any atom is 0.411 e. The molecule has 0 unspecified atom stereocenters. The zero-order valence-corrected chi connectivity index (χ0v) is 20.1. The molecular formula is C26H30N2O6. The maximum absolute atomic E-state index is 13.2. The normalized spacial score (nSPS) is 19.3. The van der Waals surface area contributed by atoms with Crippen LogP contribution in [0.2, 0.25) is 0 Å². The molecule has 1 saturated heterocycles. The second-order valence-electron chi connectivity index (χ2n) is 9.52. The van der Waals surface area contributed by atoms with Gasteiger partial charge in [0.1, 0.15) is 11.6 Å². The Bertz CT molecular complexity index is 1060. The number of rotatable bonds is 3. The van der Waals surface area contributed by atoms with Gasteiger partial charge in [0.25, 0.3) is 0 Å². The highest BCUT2D eigenvalue weighted by Gasteiger charge is 2.48. The number of methoxy groups -OCH3 is 2. The number of ether oxygens (including phenoxy) is 3. The molecule has 2 aromatic carbocycles. The van der Waals surface area contributed by atoms with E-state index in [0.29, 0.717) is 0 Å². The van der Waals surface area contributed by atoms with Crippen molar-refractivity contribution in [3.05, 3.63) is 59.7 Å². The van der Waals surface area contributed by atoms with Crippen LogP contribution in [0.25, 0.3) is 11.1 Å². The van der Waals surface area contributed by atoms with Gasteiger partial charge in [-0.1, -0.05) is 48.5 Å². The number of fused-ring (bicyclic) bond motifs is 3. The van der Waals surface area contributed by atoms with Crippen LogP contribution in [-0.4, -0.2) is 66.4 Å². The van der Waals surface area contributed by atoms with Gasteiger partial charge in [-0.25, -0.2) is 14.4 Å². The van der Waals surface area contributed by atoms with Crippen LogP contribution in [0.1, 0.15) is 44.4 Å². The van der Waals surface area contributed by atoms with Crippen molar-refractivity contribution in [3.63, 3.8) is 0 Å². The van der Waals surface area contributed by atoms with Gasteiger partial charge in [-0.05, 0) is 43.0 Å². The van der Waals surface area contributed by atoms with E-state index in [0.717, 1.165) is 22.3 Å². The van der Waals surface area contributed by atoms with E-state index >= 15 is 0 Å². The predicted octanol–water partition coefficient (Wildman–Crippen LogP) is 4.38. The SMILES string of the molecule is COC(=O)[C@@H]1C[C@@H](N(C(=O)OC)C2c3ccccc3-c3ccccc32)CN1C(=O)OC(C)(C)C. The van der Waals surface area contributed by atoms with Gasteiger partial charge in [0.05, 0.1) is 26.3 Å². The van der Waals surface area contributed by atoms with Gasteiger partial charge < -0.3 is 14.2 Å². The number of carbonyl (C=O) groups is 3. The molecule has 1 fully saturated rings. The standard InChI is InChI=1S/C26H30N2O6/c1-26(2,3)34-24(30)27-15-16(14-21(27)23(29)32-4)28(25(31)33-5)22-19-12-8-6-10-17(19)18-11-7-9-13-20(18)22/h6-13,16,21-22H,14-15H2,1-5H3/t16-,21+/m1/s1. The van der Waals surface area contributed by atoms with E-state index in [1.165, 1.54) is 19.1 Å². The minimum Gasteiger partial charge on any atom is -0.467 e. The van der Waals surface area contributed by atoms with E-state index in [1.54, 1.807) is 25.7 Å². The fourth-order valence-corrected chi connectivity index (χ4v) is 4.90. The Hall–Kier alpha value is -3.55. The Labute approximate surface area is 199 Å². The van der Waals surface area contributed by atoms with Crippen molar-refractivity contribution in [2.75, 3.05) is 20.8 Å². The molecule has 8 nitrogen and oxygen atoms in total. The number of benzene rings is 2. The van der Waals surface area contributed by atoms with E-state index in [1.807, 2.05) is 48.5 Å². The van der Waals surface area contributed by atoms with Crippen molar-refractivity contribution < 1.29 is 28.6 Å². The lowest BCUT2D eigenvalue weighted by Gasteiger charge is -2.34. The first-order valence-electron chi connectivity index (χ1n) is 11.3. The van der Waals surface area contributed by atoms with Crippen LogP contribution in [0.3, 0.4) is 0 Å². The van der Waals surface area contributed by atoms with E-state index < -0.39 is 41.9 Å². The Morgan fingerprint density at radius 3 is 1.97 bits per heavy atom. The summed E-state index contributed by atoms with van der Waals surface area (Å²) < 4.78 is 15.7. The Morgan fingerprint density at radius 1 is 0.912 bits per heavy atom. The summed E-state index contributed by atoms with van der Waals surface area (Å²) in [7, 11) is 2.62. The van der Waals surface area contributed by atoms with Crippen LogP contribution in [0.15, 0.2) is 48.5 Å². The molecule has 2 amide bonds. The van der Waals surface area contributed by atoms with Gasteiger partial charge in [-0.2, -0.15) is 0 Å². The average Bonchev–Trinajstić information content (AvgIpc) is 3.39. The number of amides is 2. The summed E-state index contributed by atoms with van der Waals surface area (Å²) in [6, 6.07) is 14.1. The van der Waals surface area contributed by atoms with Crippen molar-refractivity contribution in [2.45, 2.75) is 50.9 Å². The minimum absolute atomic E-state index is 0.116. The number of hydrogen-bond donors (Lipinski definition) is 0. The topological polar surface area (TPSA) is 85.4 Å². The third-order valence-electron chi connectivity index (χ3n) is 6.24. The lowest BCUT2D eigenvalue weighted by molar-refractivity contribution is -0.145. The summed E-state index contributed by atoms with van der Waals surface area (Å²) in [5, 5.41) is 0. The van der Waals surface area contributed by atoms with Crippen LogP contribution in [-0.2, 0) is 19.0 Å². The van der Waals surface area contributed by atoms with Gasteiger partial charge in [-0.3, -0.25) is 9.80 Å². The monoisotopic (exact) mass is 466 g/mol. The molecule has 1 aliphatic heterocycles. The van der Waals surface area contributed by atoms with E-state index in [9.17, 15) is 14.4 Å². The first-order valence-corrected chi connectivity index (χ1v) is 11.3. The molecular weight excluding hydrogens is 436 g/mol. The van der Waals surface area contributed by atoms with Crippen LogP contribution in [0, 0.1) is 0 Å². The molecule has 2 atom stereocenters. The Balaban J connectivity index is 1.75. The second-order valence-corrected chi connectivity index (χ2v) is 9.52. The summed E-state index contributed by atoms with van der Waals surface area (Å²) in [4.78, 5) is 41.8. The van der Waals surface area contributed by atoms with Gasteiger partial charge in [0.15, 0.2) is 0 Å². The highest BCUT2D eigenvalue weighted by molar-refractivity contribution is 5.84. The molecule has 8 heteroatoms. The number of esters is 1. The molecule has 2 aliphatic rings. The van der Waals surface area contributed by atoms with E-state index in [-0.39, 0.29) is 13.0 Å². The average molecular weight is 467 g/mol. The number of hydrogen-bond acceptors (Lipinski definition) is 6. The molecule has 0 radical (unpaired) electrons. The van der Waals surface area contributed by atoms with Crippen LogP contribution >= 0.6 is 0 Å². The maximum atomic E-state index is 13.2. The molecule has 34 heavy (non-hydrogen) atoms. The first kappa shape index (κ1) is 23.6. The molecule has 0 bridgehead atoms. The van der Waals surface area contributed by atoms with E-state index in [4.69, 9.17) is 14.2 Å². The van der Waals surface area contributed by atoms with Crippen LogP contribution in [0.5, 0.6) is 0 Å².